The average molecular weight is 218 g/mol. The highest BCUT2D eigenvalue weighted by atomic mass is 35.5. The summed E-state index contributed by atoms with van der Waals surface area (Å²) in [5.41, 5.74) is 1.70. The van der Waals surface area contributed by atoms with Crippen molar-refractivity contribution in [3.05, 3.63) is 23.3 Å². The van der Waals surface area contributed by atoms with Crippen LogP contribution in [-0.2, 0) is 18.0 Å². The number of phenols is 1. The molecule has 1 heterocycles. The molecular formula is C9H12ClNO3. The summed E-state index contributed by atoms with van der Waals surface area (Å²) in [5, 5.41) is 12.7. The van der Waals surface area contributed by atoms with E-state index < -0.39 is 0 Å². The summed E-state index contributed by atoms with van der Waals surface area (Å²) >= 11 is 0. The fraction of sp³-hybridized carbons (Fsp3) is 0.333. The van der Waals surface area contributed by atoms with Crippen LogP contribution in [0.3, 0.4) is 0 Å². The average Bonchev–Trinajstić information content (AvgIpc) is 2.58. The molecule has 0 aliphatic carbocycles. The van der Waals surface area contributed by atoms with Crippen LogP contribution in [-0.4, -0.2) is 12.2 Å². The number of nitrogens with one attached hydrogen (secondary N) is 1. The van der Waals surface area contributed by atoms with E-state index in [9.17, 15) is 5.11 Å². The Labute approximate surface area is 88.2 Å². The first-order valence-corrected chi connectivity index (χ1v) is 4.10. The molecule has 14 heavy (non-hydrogen) atoms. The zero-order valence-corrected chi connectivity index (χ0v) is 8.56. The molecule has 0 amide bonds. The molecule has 0 saturated heterocycles. The van der Waals surface area contributed by atoms with E-state index in [4.69, 9.17) is 9.78 Å². The summed E-state index contributed by atoms with van der Waals surface area (Å²) in [4.78, 5) is 9.59. The third-order valence-electron chi connectivity index (χ3n) is 2.02. The van der Waals surface area contributed by atoms with Gasteiger partial charge in [-0.25, -0.2) is 0 Å². The number of benzene rings is 1. The maximum Gasteiger partial charge on any atom is 0.212 e. The van der Waals surface area contributed by atoms with Gasteiger partial charge in [0.25, 0.3) is 0 Å². The largest absolute Gasteiger partial charge is 0.504 e. The Morgan fingerprint density at radius 2 is 2.29 bits per heavy atom. The van der Waals surface area contributed by atoms with Gasteiger partial charge in [-0.1, -0.05) is 12.1 Å². The summed E-state index contributed by atoms with van der Waals surface area (Å²) in [6.07, 6.45) is 0. The van der Waals surface area contributed by atoms with Gasteiger partial charge in [0.2, 0.25) is 5.75 Å². The Kier molecular flexibility index (Phi) is 3.57. The van der Waals surface area contributed by atoms with Crippen LogP contribution in [0.2, 0.25) is 0 Å². The monoisotopic (exact) mass is 217 g/mol. The molecule has 0 radical (unpaired) electrons. The maximum absolute atomic E-state index is 9.70. The van der Waals surface area contributed by atoms with Crippen molar-refractivity contribution < 1.29 is 14.9 Å². The van der Waals surface area contributed by atoms with Gasteiger partial charge in [-0.05, 0) is 7.05 Å². The number of halogens is 1. The normalized spacial score (nSPS) is 12.9. The number of aromatic hydroxyl groups is 1. The van der Waals surface area contributed by atoms with Gasteiger partial charge in [-0.15, -0.1) is 12.4 Å². The van der Waals surface area contributed by atoms with E-state index in [1.807, 2.05) is 19.2 Å². The summed E-state index contributed by atoms with van der Waals surface area (Å²) in [7, 11) is 1.82. The van der Waals surface area contributed by atoms with E-state index in [1.54, 1.807) is 0 Å². The molecule has 0 aromatic heterocycles. The first kappa shape index (κ1) is 11.1. The van der Waals surface area contributed by atoms with Crippen LogP contribution in [0, 0.1) is 0 Å². The highest BCUT2D eigenvalue weighted by molar-refractivity contribution is 5.85. The maximum atomic E-state index is 9.70. The van der Waals surface area contributed by atoms with Gasteiger partial charge in [0.05, 0.1) is 0 Å². The van der Waals surface area contributed by atoms with E-state index in [1.165, 1.54) is 0 Å². The smallest absolute Gasteiger partial charge is 0.212 e. The van der Waals surface area contributed by atoms with Crippen LogP contribution < -0.4 is 10.2 Å². The second-order valence-electron chi connectivity index (χ2n) is 2.94. The number of fused-ring (bicyclic) bond motifs is 1. The van der Waals surface area contributed by atoms with Gasteiger partial charge in [0.15, 0.2) is 5.75 Å². The van der Waals surface area contributed by atoms with Crippen LogP contribution in [0.1, 0.15) is 11.1 Å². The van der Waals surface area contributed by atoms with Crippen LogP contribution in [0.25, 0.3) is 0 Å². The van der Waals surface area contributed by atoms with Gasteiger partial charge in [0.1, 0.15) is 6.61 Å². The molecule has 2 rings (SSSR count). The van der Waals surface area contributed by atoms with E-state index in [2.05, 4.69) is 5.32 Å². The highest BCUT2D eigenvalue weighted by Gasteiger charge is 2.20. The lowest BCUT2D eigenvalue weighted by Gasteiger charge is -2.05. The standard InChI is InChI=1S/C9H11NO3.ClH/c1-10-4-6-2-3-7-5-12-13-9(7)8(6)11;/h2-3,10-11H,4-5H2,1H3;1H. The summed E-state index contributed by atoms with van der Waals surface area (Å²) < 4.78 is 0. The molecule has 2 N–H and O–H groups in total. The molecule has 1 aliphatic rings. The van der Waals surface area contributed by atoms with E-state index in [-0.39, 0.29) is 18.2 Å². The summed E-state index contributed by atoms with van der Waals surface area (Å²) in [6.45, 7) is 1.02. The van der Waals surface area contributed by atoms with Gasteiger partial charge in [-0.3, -0.25) is 0 Å². The predicted molar refractivity (Wildman–Crippen MR) is 53.5 cm³/mol. The Hall–Kier alpha value is -0.970. The molecule has 0 atom stereocenters. The first-order chi connectivity index (χ1) is 6.33. The first-order valence-electron chi connectivity index (χ1n) is 4.10. The van der Waals surface area contributed by atoms with Gasteiger partial charge in [-0.2, -0.15) is 4.89 Å². The number of rotatable bonds is 2. The third kappa shape index (κ3) is 1.77. The van der Waals surface area contributed by atoms with E-state index >= 15 is 0 Å². The third-order valence-corrected chi connectivity index (χ3v) is 2.02. The minimum Gasteiger partial charge on any atom is -0.504 e. The van der Waals surface area contributed by atoms with E-state index in [0.717, 1.165) is 11.1 Å². The van der Waals surface area contributed by atoms with Crippen LogP contribution in [0.5, 0.6) is 11.5 Å². The molecule has 1 aliphatic heterocycles. The van der Waals surface area contributed by atoms with Gasteiger partial charge < -0.3 is 15.3 Å². The number of hydrogen-bond acceptors (Lipinski definition) is 4. The fourth-order valence-corrected chi connectivity index (χ4v) is 1.35. The predicted octanol–water partition coefficient (Wildman–Crippen LogP) is 1.36. The second-order valence-corrected chi connectivity index (χ2v) is 2.94. The zero-order valence-electron chi connectivity index (χ0n) is 7.74. The van der Waals surface area contributed by atoms with Crippen molar-refractivity contribution in [3.63, 3.8) is 0 Å². The van der Waals surface area contributed by atoms with E-state index in [0.29, 0.717) is 18.9 Å². The molecule has 5 heteroatoms. The Morgan fingerprint density at radius 3 is 3.00 bits per heavy atom. The Morgan fingerprint density at radius 1 is 1.50 bits per heavy atom. The van der Waals surface area contributed by atoms with Crippen LogP contribution in [0.4, 0.5) is 0 Å². The van der Waals surface area contributed by atoms with Crippen molar-refractivity contribution >= 4 is 12.4 Å². The molecule has 1 aromatic rings. The van der Waals surface area contributed by atoms with Crippen molar-refractivity contribution in [2.45, 2.75) is 13.2 Å². The lowest BCUT2D eigenvalue weighted by molar-refractivity contribution is -0.195. The number of hydrogen-bond donors (Lipinski definition) is 2. The molecule has 78 valence electrons. The molecule has 0 saturated carbocycles. The lowest BCUT2D eigenvalue weighted by atomic mass is 10.1. The SMILES string of the molecule is CNCc1ccc2c(c1O)OOC2.Cl. The molecular weight excluding hydrogens is 206 g/mol. The molecule has 1 aromatic carbocycles. The quantitative estimate of drug-likeness (QED) is 0.735. The molecule has 0 spiro atoms. The summed E-state index contributed by atoms with van der Waals surface area (Å²) in [5.74, 6) is 0.622. The van der Waals surface area contributed by atoms with Crippen molar-refractivity contribution in [3.8, 4) is 11.5 Å². The fourth-order valence-electron chi connectivity index (χ4n) is 1.35. The topological polar surface area (TPSA) is 50.7 Å². The minimum absolute atomic E-state index is 0. The van der Waals surface area contributed by atoms with Gasteiger partial charge >= 0.3 is 0 Å². The van der Waals surface area contributed by atoms with Crippen molar-refractivity contribution in [1.29, 1.82) is 0 Å². The Balaban J connectivity index is 0.000000980. The summed E-state index contributed by atoms with van der Waals surface area (Å²) in [6, 6.07) is 3.76. The second kappa shape index (κ2) is 4.50. The molecule has 0 bridgehead atoms. The molecule has 4 nitrogen and oxygen atoms in total. The molecule has 0 fully saturated rings. The van der Waals surface area contributed by atoms with Crippen LogP contribution in [0.15, 0.2) is 12.1 Å². The Bertz CT molecular complexity index is 330. The minimum atomic E-state index is 0. The van der Waals surface area contributed by atoms with Gasteiger partial charge in [0, 0.05) is 17.7 Å². The van der Waals surface area contributed by atoms with Crippen molar-refractivity contribution in [2.75, 3.05) is 7.05 Å². The van der Waals surface area contributed by atoms with Crippen molar-refractivity contribution in [1.82, 2.24) is 5.32 Å². The van der Waals surface area contributed by atoms with Crippen LogP contribution >= 0.6 is 12.4 Å². The highest BCUT2D eigenvalue weighted by Crippen LogP contribution is 2.37. The van der Waals surface area contributed by atoms with Crippen molar-refractivity contribution in [2.24, 2.45) is 0 Å². The zero-order chi connectivity index (χ0) is 9.26. The molecule has 0 unspecified atom stereocenters. The number of phenolic OH excluding ortho intramolecular Hbond substituents is 1. The lowest BCUT2D eigenvalue weighted by Crippen LogP contribution is -2.05.